The van der Waals surface area contributed by atoms with E-state index in [4.69, 9.17) is 4.74 Å². The predicted octanol–water partition coefficient (Wildman–Crippen LogP) is 0.791. The third-order valence-electron chi connectivity index (χ3n) is 6.02. The largest absolute Gasteiger partial charge is 0.387 e. The van der Waals surface area contributed by atoms with Crippen LogP contribution < -0.4 is 26.4 Å². The number of primary amides is 1. The molecule has 2 aliphatic heterocycles. The predicted molar refractivity (Wildman–Crippen MR) is 136 cm³/mol. The number of anilines is 2. The minimum absolute atomic E-state index is 0.0133. The van der Waals surface area contributed by atoms with Gasteiger partial charge >= 0.3 is 11.9 Å². The molecule has 1 aromatic heterocycles. The zero-order chi connectivity index (χ0) is 26.5. The first-order chi connectivity index (χ1) is 18.5. The first-order valence-electron chi connectivity index (χ1n) is 12.0. The number of carbonyl (C=O) groups excluding carboxylic acids is 3. The summed E-state index contributed by atoms with van der Waals surface area (Å²) in [5.74, 6) is -1.76. The molecule has 1 atom stereocenters. The summed E-state index contributed by atoms with van der Waals surface area (Å²) < 4.78 is 19.2. The summed E-state index contributed by atoms with van der Waals surface area (Å²) in [7, 11) is 0. The lowest BCUT2D eigenvalue weighted by Crippen LogP contribution is -2.98. The molecule has 1 fully saturated rings. The van der Waals surface area contributed by atoms with Crippen molar-refractivity contribution in [3.05, 3.63) is 89.5 Å². The van der Waals surface area contributed by atoms with Crippen LogP contribution in [0.15, 0.2) is 71.9 Å². The van der Waals surface area contributed by atoms with E-state index in [9.17, 15) is 18.8 Å². The number of halogens is 1. The van der Waals surface area contributed by atoms with Gasteiger partial charge in [-0.25, -0.2) is 24.0 Å². The zero-order valence-corrected chi connectivity index (χ0v) is 20.2. The number of fused-ring (bicyclic) bond motifs is 1. The summed E-state index contributed by atoms with van der Waals surface area (Å²) in [6.07, 6.45) is -0.327. The molecule has 11 nitrogen and oxygen atoms in total. The number of urea groups is 1. The third-order valence-corrected chi connectivity index (χ3v) is 6.02. The van der Waals surface area contributed by atoms with E-state index in [1.165, 1.54) is 6.07 Å². The second kappa shape index (κ2) is 11.2. The summed E-state index contributed by atoms with van der Waals surface area (Å²) in [5, 5.41) is 5.28. The molecule has 12 heteroatoms. The lowest BCUT2D eigenvalue weighted by molar-refractivity contribution is -0.601. The van der Waals surface area contributed by atoms with Crippen molar-refractivity contribution in [2.45, 2.75) is 6.17 Å². The van der Waals surface area contributed by atoms with E-state index in [-0.39, 0.29) is 5.69 Å². The van der Waals surface area contributed by atoms with Crippen LogP contribution in [0, 0.1) is 5.82 Å². The van der Waals surface area contributed by atoms with Crippen LogP contribution in [0.25, 0.3) is 0 Å². The molecule has 0 unspecified atom stereocenters. The number of morpholine rings is 1. The fraction of sp³-hybridized carbons (Fsp3) is 0.192. The van der Waals surface area contributed by atoms with Crippen LogP contribution in [0.4, 0.5) is 20.6 Å². The summed E-state index contributed by atoms with van der Waals surface area (Å²) in [5.41, 5.74) is 6.12. The number of nitrogens with one attached hydrogen (secondary N) is 3. The van der Waals surface area contributed by atoms with Gasteiger partial charge in [0.15, 0.2) is 5.69 Å². The van der Waals surface area contributed by atoms with Gasteiger partial charge in [-0.15, -0.1) is 0 Å². The number of para-hydroxylation sites is 1. The fourth-order valence-corrected chi connectivity index (χ4v) is 4.21. The minimum atomic E-state index is -1.27. The Hall–Kier alpha value is -4.68. The molecular weight excluding hydrogens is 493 g/mol. The topological polar surface area (TPSA) is 142 Å². The summed E-state index contributed by atoms with van der Waals surface area (Å²) in [4.78, 5) is 48.8. The standard InChI is InChI=1S/C26H24FN7O4/c27-17-14-20(34-10-12-38-13-11-34)22(28-15-17)24(35)32-33-26(37)31-23-25(36)29-19-9-5-4-8-18(19)21(30-23)16-6-2-1-3-7-16/h1-9,14-15,23H,10-13H2,(H,29,36)(H,32,35)(H2,31,33,37)/p+1/t23-/m1/s1. The molecule has 5 rings (SSSR count). The first kappa shape index (κ1) is 25.0. The maximum absolute atomic E-state index is 13.9. The van der Waals surface area contributed by atoms with Crippen molar-refractivity contribution < 1.29 is 28.9 Å². The number of amides is 4. The molecule has 5 N–H and O–H groups in total. The number of hydrogen-bond donors (Lipinski definition) is 4. The monoisotopic (exact) mass is 518 g/mol. The van der Waals surface area contributed by atoms with Crippen molar-refractivity contribution in [3.8, 4) is 0 Å². The number of aromatic nitrogens is 1. The Labute approximate surface area is 217 Å². The average molecular weight is 519 g/mol. The molecule has 2 aliphatic rings. The maximum atomic E-state index is 13.9. The van der Waals surface area contributed by atoms with E-state index >= 15 is 0 Å². The number of ether oxygens (including phenoxy) is 1. The van der Waals surface area contributed by atoms with Crippen LogP contribution in [0.3, 0.4) is 0 Å². The molecule has 0 bridgehead atoms. The minimum Gasteiger partial charge on any atom is -0.378 e. The van der Waals surface area contributed by atoms with Crippen molar-refractivity contribution in [2.75, 3.05) is 36.5 Å². The molecule has 3 heterocycles. The fourth-order valence-electron chi connectivity index (χ4n) is 4.21. The Kier molecular flexibility index (Phi) is 7.33. The Balaban J connectivity index is 1.31. The van der Waals surface area contributed by atoms with Gasteiger partial charge < -0.3 is 20.3 Å². The summed E-state index contributed by atoms with van der Waals surface area (Å²) in [6.45, 7) is 1.82. The Morgan fingerprint density at radius 3 is 2.61 bits per heavy atom. The van der Waals surface area contributed by atoms with Crippen molar-refractivity contribution in [1.82, 2.24) is 15.7 Å². The SMILES string of the molecule is O=C(N[NH2+]C(=O)c1ncc(F)cc1N1CCOCC1)N[C@H]1N=C(c2ccccc2)c2ccccc2NC1=O. The Bertz CT molecular complexity index is 1390. The number of quaternary nitrogens is 1. The number of rotatable bonds is 4. The number of benzene rings is 2. The van der Waals surface area contributed by atoms with Crippen molar-refractivity contribution in [2.24, 2.45) is 4.99 Å². The molecule has 0 aliphatic carbocycles. The number of pyridine rings is 1. The van der Waals surface area contributed by atoms with Crippen LogP contribution in [-0.4, -0.2) is 61.0 Å². The number of nitrogens with zero attached hydrogens (tertiary/aromatic N) is 3. The normalized spacial score (nSPS) is 17.0. The van der Waals surface area contributed by atoms with Crippen LogP contribution in [0.1, 0.15) is 21.6 Å². The zero-order valence-electron chi connectivity index (χ0n) is 20.2. The van der Waals surface area contributed by atoms with E-state index in [1.54, 1.807) is 17.0 Å². The lowest BCUT2D eigenvalue weighted by Gasteiger charge is -2.29. The first-order valence-corrected chi connectivity index (χ1v) is 12.0. The van der Waals surface area contributed by atoms with Gasteiger partial charge in [-0.2, -0.15) is 10.9 Å². The van der Waals surface area contributed by atoms with Crippen molar-refractivity contribution in [1.29, 1.82) is 0 Å². The summed E-state index contributed by atoms with van der Waals surface area (Å²) in [6, 6.07) is 16.9. The molecule has 1 saturated heterocycles. The number of carbonyl (C=O) groups is 3. The van der Waals surface area contributed by atoms with E-state index < -0.39 is 29.8 Å². The van der Waals surface area contributed by atoms with Gasteiger partial charge in [0.2, 0.25) is 6.17 Å². The van der Waals surface area contributed by atoms with E-state index in [2.05, 4.69) is 26.0 Å². The van der Waals surface area contributed by atoms with Gasteiger partial charge in [0, 0.05) is 30.3 Å². The second-order valence-corrected chi connectivity index (χ2v) is 8.53. The molecule has 4 amide bonds. The number of hydrogen-bond acceptors (Lipinski definition) is 7. The van der Waals surface area contributed by atoms with Crippen molar-refractivity contribution in [3.63, 3.8) is 0 Å². The maximum Gasteiger partial charge on any atom is 0.387 e. The highest BCUT2D eigenvalue weighted by molar-refractivity contribution is 6.19. The van der Waals surface area contributed by atoms with Crippen LogP contribution >= 0.6 is 0 Å². The molecule has 194 valence electrons. The molecule has 0 spiro atoms. The molecular formula is C26H25FN7O4+. The van der Waals surface area contributed by atoms with Crippen LogP contribution in [-0.2, 0) is 9.53 Å². The lowest BCUT2D eigenvalue weighted by atomic mass is 10.0. The van der Waals surface area contributed by atoms with Gasteiger partial charge in [0.05, 0.1) is 36.5 Å². The highest BCUT2D eigenvalue weighted by atomic mass is 19.1. The number of nitrogens with two attached hydrogens (primary N) is 1. The number of aliphatic imine (C=N–C) groups is 1. The van der Waals surface area contributed by atoms with Crippen LogP contribution in [0.2, 0.25) is 0 Å². The molecule has 38 heavy (non-hydrogen) atoms. The van der Waals surface area contributed by atoms with Gasteiger partial charge in [0.1, 0.15) is 5.82 Å². The van der Waals surface area contributed by atoms with Gasteiger partial charge in [0.25, 0.3) is 5.91 Å². The molecule has 2 aromatic carbocycles. The highest BCUT2D eigenvalue weighted by Crippen LogP contribution is 2.24. The van der Waals surface area contributed by atoms with E-state index in [0.29, 0.717) is 49.0 Å². The Morgan fingerprint density at radius 2 is 1.82 bits per heavy atom. The smallest absolute Gasteiger partial charge is 0.378 e. The number of benzodiazepines with no additional fused rings is 1. The van der Waals surface area contributed by atoms with E-state index in [1.807, 2.05) is 42.5 Å². The van der Waals surface area contributed by atoms with Gasteiger partial charge in [-0.1, -0.05) is 48.5 Å². The van der Waals surface area contributed by atoms with Gasteiger partial charge in [-0.05, 0) is 6.07 Å². The highest BCUT2D eigenvalue weighted by Gasteiger charge is 2.28. The van der Waals surface area contributed by atoms with Gasteiger partial charge in [-0.3, -0.25) is 4.79 Å². The molecule has 0 radical (unpaired) electrons. The van der Waals surface area contributed by atoms with Crippen LogP contribution in [0.5, 0.6) is 0 Å². The third kappa shape index (κ3) is 5.51. The average Bonchev–Trinajstić information content (AvgIpc) is 3.08. The molecule has 3 aromatic rings. The molecule has 0 saturated carbocycles. The second-order valence-electron chi connectivity index (χ2n) is 8.53. The van der Waals surface area contributed by atoms with E-state index in [0.717, 1.165) is 17.2 Å². The quantitative estimate of drug-likeness (QED) is 0.229. The Morgan fingerprint density at radius 1 is 1.08 bits per heavy atom. The van der Waals surface area contributed by atoms with Crippen molar-refractivity contribution >= 4 is 34.9 Å². The summed E-state index contributed by atoms with van der Waals surface area (Å²) >= 11 is 0.